The number of anilines is 4. The molecular weight excluding hydrogens is 777 g/mol. The third-order valence-electron chi connectivity index (χ3n) is 10.6. The molecule has 2 N–H and O–H groups in total. The lowest BCUT2D eigenvalue weighted by Crippen LogP contribution is -2.41. The second-order valence-electron chi connectivity index (χ2n) is 14.4. The average Bonchev–Trinajstić information content (AvgIpc) is 3.85. The average molecular weight is 817 g/mol. The number of β-amino-alcohol motifs (C(OH)–C–C–N with tert-alkyl or cyclic N) is 1. The lowest BCUT2D eigenvalue weighted by Gasteiger charge is -2.27. The molecule has 9 rings (SSSR count). The molecule has 5 heterocycles. The van der Waals surface area contributed by atoms with Crippen LogP contribution in [-0.4, -0.2) is 134 Å². The van der Waals surface area contributed by atoms with Gasteiger partial charge in [0.05, 0.1) is 61.2 Å². The molecule has 17 nitrogen and oxygen atoms in total. The van der Waals surface area contributed by atoms with E-state index in [0.29, 0.717) is 54.2 Å². The summed E-state index contributed by atoms with van der Waals surface area (Å²) in [6.07, 6.45) is -2.09. The number of hydrogen-bond donors (Lipinski definition) is 2. The Balaban J connectivity index is 0.000000167. The van der Waals surface area contributed by atoms with Crippen molar-refractivity contribution in [1.82, 2.24) is 9.80 Å². The summed E-state index contributed by atoms with van der Waals surface area (Å²) in [4.78, 5) is 93.1. The molecule has 5 aliphatic heterocycles. The van der Waals surface area contributed by atoms with E-state index in [4.69, 9.17) is 14.2 Å². The van der Waals surface area contributed by atoms with Crippen LogP contribution in [0.1, 0.15) is 41.4 Å². The molecule has 0 aliphatic carbocycles. The number of imide groups is 2. The van der Waals surface area contributed by atoms with Gasteiger partial charge in [0.1, 0.15) is 19.3 Å². The number of carbonyl (C=O) groups excluding carboxylic acids is 7. The van der Waals surface area contributed by atoms with Crippen molar-refractivity contribution in [3.8, 4) is 0 Å². The highest BCUT2D eigenvalue weighted by atomic mass is 16.6. The summed E-state index contributed by atoms with van der Waals surface area (Å²) in [6.45, 7) is 2.42. The van der Waals surface area contributed by atoms with Crippen molar-refractivity contribution in [1.29, 1.82) is 0 Å². The van der Waals surface area contributed by atoms with Crippen molar-refractivity contribution in [2.24, 2.45) is 0 Å². The molecule has 4 aromatic carbocycles. The summed E-state index contributed by atoms with van der Waals surface area (Å²) in [5, 5.41) is 13.4. The molecule has 0 saturated carbocycles. The quantitative estimate of drug-likeness (QED) is 0.223. The summed E-state index contributed by atoms with van der Waals surface area (Å²) in [5.74, 6) is -1.72. The van der Waals surface area contributed by atoms with Crippen LogP contribution < -0.4 is 20.0 Å². The molecular formula is C43H40N6O11. The van der Waals surface area contributed by atoms with Crippen LogP contribution >= 0.6 is 0 Å². The predicted molar refractivity (Wildman–Crippen MR) is 215 cm³/mol. The molecule has 0 aromatic heterocycles. The van der Waals surface area contributed by atoms with Crippen LogP contribution in [0.4, 0.5) is 27.5 Å². The number of aliphatic hydroxyl groups is 1. The molecule has 0 radical (unpaired) electrons. The van der Waals surface area contributed by atoms with Crippen LogP contribution in [-0.2, 0) is 23.8 Å². The summed E-state index contributed by atoms with van der Waals surface area (Å²) >= 11 is 0. The number of nitrogens with one attached hydrogen (secondary N) is 1. The van der Waals surface area contributed by atoms with Gasteiger partial charge >= 0.3 is 6.09 Å². The second kappa shape index (κ2) is 17.1. The van der Waals surface area contributed by atoms with E-state index in [0.717, 1.165) is 26.9 Å². The molecule has 308 valence electrons. The van der Waals surface area contributed by atoms with E-state index in [1.165, 1.54) is 4.90 Å². The van der Waals surface area contributed by atoms with Gasteiger partial charge in [0, 0.05) is 42.4 Å². The number of aliphatic hydroxyl groups excluding tert-OH is 1. The van der Waals surface area contributed by atoms with E-state index < -0.39 is 18.3 Å². The number of benzene rings is 4. The first-order valence-electron chi connectivity index (χ1n) is 19.3. The molecule has 3 saturated heterocycles. The molecule has 5 aliphatic rings. The maximum Gasteiger partial charge on any atom is 0.414 e. The van der Waals surface area contributed by atoms with Crippen LogP contribution in [0.3, 0.4) is 0 Å². The highest BCUT2D eigenvalue weighted by molar-refractivity contribution is 6.22. The number of fused-ring (bicyclic) bond motifs is 2. The van der Waals surface area contributed by atoms with Crippen molar-refractivity contribution in [2.45, 2.75) is 12.2 Å². The zero-order valence-corrected chi connectivity index (χ0v) is 32.2. The van der Waals surface area contributed by atoms with Gasteiger partial charge in [-0.3, -0.25) is 43.5 Å². The van der Waals surface area contributed by atoms with Gasteiger partial charge in [-0.15, -0.1) is 0 Å². The summed E-state index contributed by atoms with van der Waals surface area (Å²) < 4.78 is 15.7. The Morgan fingerprint density at radius 2 is 1.02 bits per heavy atom. The number of carbonyl (C=O) groups is 7. The van der Waals surface area contributed by atoms with Crippen molar-refractivity contribution in [3.05, 3.63) is 119 Å². The summed E-state index contributed by atoms with van der Waals surface area (Å²) in [7, 11) is 0. The van der Waals surface area contributed by atoms with Gasteiger partial charge in [-0.05, 0) is 72.8 Å². The molecule has 0 bridgehead atoms. The van der Waals surface area contributed by atoms with E-state index in [2.05, 4.69) is 5.32 Å². The second-order valence-corrected chi connectivity index (χ2v) is 14.4. The van der Waals surface area contributed by atoms with Crippen LogP contribution in [0.25, 0.3) is 0 Å². The van der Waals surface area contributed by atoms with Gasteiger partial charge in [0.2, 0.25) is 0 Å². The lowest BCUT2D eigenvalue weighted by atomic mass is 10.1. The van der Waals surface area contributed by atoms with Gasteiger partial charge < -0.3 is 34.4 Å². The van der Waals surface area contributed by atoms with Crippen LogP contribution in [0.15, 0.2) is 97.1 Å². The smallest absolute Gasteiger partial charge is 0.414 e. The molecule has 7 amide bonds. The van der Waals surface area contributed by atoms with Crippen molar-refractivity contribution < 1.29 is 52.9 Å². The number of morpholine rings is 2. The van der Waals surface area contributed by atoms with Crippen molar-refractivity contribution in [3.63, 3.8) is 0 Å². The highest BCUT2D eigenvalue weighted by Crippen LogP contribution is 2.29. The fraction of sp³-hybridized carbons (Fsp3) is 0.279. The van der Waals surface area contributed by atoms with Gasteiger partial charge in [0.15, 0.2) is 0 Å². The third kappa shape index (κ3) is 8.05. The Kier molecular flexibility index (Phi) is 11.4. The normalized spacial score (nSPS) is 19.3. The number of amides is 7. The number of rotatable bonds is 10. The van der Waals surface area contributed by atoms with Gasteiger partial charge in [-0.1, -0.05) is 24.3 Å². The van der Waals surface area contributed by atoms with Gasteiger partial charge in [0.25, 0.3) is 35.4 Å². The zero-order valence-electron chi connectivity index (χ0n) is 32.2. The SMILES string of the molecule is O=C1c2ccccc2C(=O)N1C[C@@H](O)CNc1ccc(N2CCOCC2=O)cc1.O=C1c2ccccc2C(=O)N1C[C@@H]1CN(c2ccc(N3CCOCC3=O)cc2)C(=O)O1. The first-order valence-corrected chi connectivity index (χ1v) is 19.3. The lowest BCUT2D eigenvalue weighted by molar-refractivity contribution is -0.126. The van der Waals surface area contributed by atoms with E-state index in [-0.39, 0.29) is 74.8 Å². The zero-order chi connectivity index (χ0) is 41.9. The fourth-order valence-corrected chi connectivity index (χ4v) is 7.51. The minimum Gasteiger partial charge on any atom is -0.442 e. The van der Waals surface area contributed by atoms with Crippen molar-refractivity contribution >= 4 is 64.3 Å². The Hall–Kier alpha value is -6.95. The molecule has 0 spiro atoms. The first-order chi connectivity index (χ1) is 29.1. The van der Waals surface area contributed by atoms with Crippen molar-refractivity contribution in [2.75, 3.05) is 85.7 Å². The Bertz CT molecular complexity index is 2280. The third-order valence-corrected chi connectivity index (χ3v) is 10.6. The van der Waals surface area contributed by atoms with E-state index >= 15 is 0 Å². The Morgan fingerprint density at radius 1 is 0.583 bits per heavy atom. The van der Waals surface area contributed by atoms with Gasteiger partial charge in [-0.25, -0.2) is 4.79 Å². The summed E-state index contributed by atoms with van der Waals surface area (Å²) in [6, 6.07) is 27.6. The highest BCUT2D eigenvalue weighted by Gasteiger charge is 2.41. The first kappa shape index (κ1) is 39.9. The molecule has 3 fully saturated rings. The van der Waals surface area contributed by atoms with Crippen LogP contribution in [0.2, 0.25) is 0 Å². The number of nitrogens with zero attached hydrogens (tertiary/aromatic N) is 5. The maximum absolute atomic E-state index is 12.6. The monoisotopic (exact) mass is 816 g/mol. The number of ether oxygens (including phenoxy) is 3. The van der Waals surface area contributed by atoms with Gasteiger partial charge in [-0.2, -0.15) is 0 Å². The summed E-state index contributed by atoms with van der Waals surface area (Å²) in [5.41, 5.74) is 4.35. The largest absolute Gasteiger partial charge is 0.442 e. The minimum absolute atomic E-state index is 0.00501. The molecule has 0 unspecified atom stereocenters. The van der Waals surface area contributed by atoms with E-state index in [1.807, 2.05) is 24.3 Å². The molecule has 2 atom stereocenters. The predicted octanol–water partition coefficient (Wildman–Crippen LogP) is 2.79. The van der Waals surface area contributed by atoms with Crippen LogP contribution in [0.5, 0.6) is 0 Å². The fourth-order valence-electron chi connectivity index (χ4n) is 7.51. The standard InChI is InChI=1S/C22H19N3O6.C21H21N3O5/c26-19-13-30-10-9-23(19)14-5-7-15(8-6-14)24-11-16(31-22(24)29)12-25-20(27)17-3-1-2-4-18(17)21(25)28;25-16(12-24-20(27)17-3-1-2-4-18(17)21(24)28)11-22-14-5-7-15(8-6-14)23-9-10-29-13-19(23)26/h1-8,16H,9-13H2;1-8,16,22,25H,9-13H2/t2*16-/m00/s1. The molecule has 4 aromatic rings. The van der Waals surface area contributed by atoms with E-state index in [9.17, 15) is 38.7 Å². The van der Waals surface area contributed by atoms with E-state index in [1.54, 1.807) is 82.6 Å². The topological polar surface area (TPSA) is 196 Å². The molecule has 17 heteroatoms. The Labute approximate surface area is 343 Å². The number of cyclic esters (lactones) is 1. The number of hydrogen-bond acceptors (Lipinski definition) is 12. The molecule has 60 heavy (non-hydrogen) atoms. The Morgan fingerprint density at radius 3 is 1.48 bits per heavy atom. The van der Waals surface area contributed by atoms with Crippen LogP contribution in [0, 0.1) is 0 Å². The minimum atomic E-state index is -0.919. The maximum atomic E-state index is 12.6.